The molecular formula is C28H29FN4O4. The number of carbonyl (C=O) groups is 3. The number of anilines is 1. The van der Waals surface area contributed by atoms with Gasteiger partial charge < -0.3 is 25.2 Å². The highest BCUT2D eigenvalue weighted by molar-refractivity contribution is 6.00. The molecule has 192 valence electrons. The summed E-state index contributed by atoms with van der Waals surface area (Å²) in [6.07, 6.45) is 2.07. The Morgan fingerprint density at radius 1 is 1.03 bits per heavy atom. The summed E-state index contributed by atoms with van der Waals surface area (Å²) in [7, 11) is 1.62. The number of nitrogens with one attached hydrogen (secondary N) is 2. The Morgan fingerprint density at radius 3 is 2.57 bits per heavy atom. The van der Waals surface area contributed by atoms with E-state index < -0.39 is 0 Å². The topological polar surface area (TPSA) is 91.0 Å². The summed E-state index contributed by atoms with van der Waals surface area (Å²) in [5, 5.41) is 7.15. The second kappa shape index (κ2) is 10.5. The van der Waals surface area contributed by atoms with Crippen LogP contribution in [0.15, 0.2) is 54.6 Å². The minimum atomic E-state index is -0.355. The Balaban J connectivity index is 1.12. The van der Waals surface area contributed by atoms with E-state index in [-0.39, 0.29) is 36.2 Å². The van der Waals surface area contributed by atoms with Gasteiger partial charge in [0.25, 0.3) is 5.91 Å². The fourth-order valence-electron chi connectivity index (χ4n) is 5.06. The maximum Gasteiger partial charge on any atom is 0.322 e. The summed E-state index contributed by atoms with van der Waals surface area (Å²) >= 11 is 0. The highest BCUT2D eigenvalue weighted by Gasteiger charge is 2.31. The zero-order valence-electron chi connectivity index (χ0n) is 20.6. The number of urea groups is 1. The lowest BCUT2D eigenvalue weighted by Crippen LogP contribution is -2.51. The lowest BCUT2D eigenvalue weighted by atomic mass is 10.0. The molecule has 1 saturated heterocycles. The average Bonchev–Trinajstić information content (AvgIpc) is 3.08. The minimum Gasteiger partial charge on any atom is -0.497 e. The summed E-state index contributed by atoms with van der Waals surface area (Å²) < 4.78 is 18.7. The first-order chi connectivity index (χ1) is 17.9. The number of hydrogen-bond donors (Lipinski definition) is 2. The van der Waals surface area contributed by atoms with Crippen LogP contribution in [0, 0.1) is 5.82 Å². The molecular weight excluding hydrogens is 475 g/mol. The van der Waals surface area contributed by atoms with Crippen molar-refractivity contribution >= 4 is 34.3 Å². The summed E-state index contributed by atoms with van der Waals surface area (Å²) in [6.45, 7) is 1.53. The number of benzene rings is 3. The lowest BCUT2D eigenvalue weighted by molar-refractivity contribution is -0.131. The maximum absolute atomic E-state index is 13.4. The molecule has 1 fully saturated rings. The van der Waals surface area contributed by atoms with E-state index in [1.165, 1.54) is 12.1 Å². The number of amides is 4. The van der Waals surface area contributed by atoms with Crippen molar-refractivity contribution in [3.63, 3.8) is 0 Å². The normalized spacial score (nSPS) is 16.1. The van der Waals surface area contributed by atoms with Gasteiger partial charge in [0.05, 0.1) is 13.7 Å². The van der Waals surface area contributed by atoms with E-state index in [1.807, 2.05) is 23.1 Å². The monoisotopic (exact) mass is 504 g/mol. The molecule has 0 spiro atoms. The highest BCUT2D eigenvalue weighted by atomic mass is 19.1. The Labute approximate surface area is 214 Å². The molecule has 3 aromatic rings. The van der Waals surface area contributed by atoms with Crippen LogP contribution < -0.4 is 15.4 Å². The lowest BCUT2D eigenvalue weighted by Gasteiger charge is -2.38. The number of ether oxygens (including phenoxy) is 1. The number of carbonyl (C=O) groups excluding carboxylic acids is 3. The number of fused-ring (bicyclic) bond motifs is 2. The zero-order valence-corrected chi connectivity index (χ0v) is 20.6. The molecule has 0 unspecified atom stereocenters. The van der Waals surface area contributed by atoms with Crippen LogP contribution in [0.3, 0.4) is 0 Å². The van der Waals surface area contributed by atoms with Crippen molar-refractivity contribution < 1.29 is 23.5 Å². The van der Waals surface area contributed by atoms with Crippen LogP contribution >= 0.6 is 0 Å². The third kappa shape index (κ3) is 5.35. The van der Waals surface area contributed by atoms with Gasteiger partial charge in [0, 0.05) is 36.9 Å². The van der Waals surface area contributed by atoms with Crippen LogP contribution in [0.25, 0.3) is 10.8 Å². The second-order valence-electron chi connectivity index (χ2n) is 9.40. The van der Waals surface area contributed by atoms with Gasteiger partial charge in [-0.1, -0.05) is 12.1 Å². The smallest absolute Gasteiger partial charge is 0.322 e. The Kier molecular flexibility index (Phi) is 6.94. The summed E-state index contributed by atoms with van der Waals surface area (Å²) in [5.41, 5.74) is 2.25. The highest BCUT2D eigenvalue weighted by Crippen LogP contribution is 2.27. The number of methoxy groups -OCH3 is 1. The van der Waals surface area contributed by atoms with E-state index in [2.05, 4.69) is 10.6 Å². The number of likely N-dealkylation sites (tertiary alicyclic amines) is 1. The number of piperidine rings is 1. The molecule has 2 N–H and O–H groups in total. The van der Waals surface area contributed by atoms with Crippen LogP contribution in [0.5, 0.6) is 5.75 Å². The summed E-state index contributed by atoms with van der Waals surface area (Å²) in [6, 6.07) is 14.9. The first-order valence-electron chi connectivity index (χ1n) is 12.4. The van der Waals surface area contributed by atoms with Crippen molar-refractivity contribution in [2.75, 3.05) is 38.6 Å². The van der Waals surface area contributed by atoms with Gasteiger partial charge in [-0.2, -0.15) is 0 Å². The molecule has 0 atom stereocenters. The quantitative estimate of drug-likeness (QED) is 0.553. The average molecular weight is 505 g/mol. The largest absolute Gasteiger partial charge is 0.497 e. The number of halogens is 1. The molecule has 2 heterocycles. The SMILES string of the molecule is COc1ccc2c(c1)CCN(C1CCN(C(=O)CNC(=O)c3ccc4cc(F)ccc4c3)CC1)C(=O)N2. The van der Waals surface area contributed by atoms with Gasteiger partial charge in [0.2, 0.25) is 5.91 Å². The van der Waals surface area contributed by atoms with Gasteiger partial charge in [-0.25, -0.2) is 9.18 Å². The zero-order chi connectivity index (χ0) is 25.9. The molecule has 2 aliphatic heterocycles. The van der Waals surface area contributed by atoms with Gasteiger partial charge >= 0.3 is 6.03 Å². The van der Waals surface area contributed by atoms with Crippen LogP contribution in [0.2, 0.25) is 0 Å². The minimum absolute atomic E-state index is 0.0392. The molecule has 5 rings (SSSR count). The molecule has 0 radical (unpaired) electrons. The van der Waals surface area contributed by atoms with Gasteiger partial charge in [-0.05, 0) is 78.1 Å². The van der Waals surface area contributed by atoms with Gasteiger partial charge in [0.1, 0.15) is 11.6 Å². The Bertz CT molecular complexity index is 1350. The van der Waals surface area contributed by atoms with Crippen molar-refractivity contribution in [3.05, 3.63) is 71.5 Å². The Morgan fingerprint density at radius 2 is 1.78 bits per heavy atom. The molecule has 8 nitrogen and oxygen atoms in total. The van der Waals surface area contributed by atoms with Crippen LogP contribution in [0.1, 0.15) is 28.8 Å². The van der Waals surface area contributed by atoms with Gasteiger partial charge in [-0.3, -0.25) is 9.59 Å². The van der Waals surface area contributed by atoms with Crippen molar-refractivity contribution in [2.45, 2.75) is 25.3 Å². The molecule has 0 bridgehead atoms. The fraction of sp³-hybridized carbons (Fsp3) is 0.321. The van der Waals surface area contributed by atoms with E-state index in [0.717, 1.165) is 28.8 Å². The molecule has 0 aliphatic carbocycles. The first kappa shape index (κ1) is 24.5. The standard InChI is InChI=1S/C28H29FN4O4/c1-37-24-6-7-25-20(16-24)8-13-33(28(36)31-25)23-9-11-32(12-10-23)26(34)17-30-27(35)21-3-2-19-15-22(29)5-4-18(19)14-21/h2-7,14-16,23H,8-13,17H2,1H3,(H,30,35)(H,31,36). The van der Waals surface area contributed by atoms with E-state index in [4.69, 9.17) is 4.74 Å². The summed E-state index contributed by atoms with van der Waals surface area (Å²) in [5.74, 6) is -0.0842. The van der Waals surface area contributed by atoms with E-state index in [0.29, 0.717) is 43.4 Å². The Hall–Kier alpha value is -4.14. The first-order valence-corrected chi connectivity index (χ1v) is 12.4. The molecule has 2 aliphatic rings. The number of rotatable bonds is 5. The number of nitrogens with zero attached hydrogens (tertiary/aromatic N) is 2. The van der Waals surface area contributed by atoms with Crippen molar-refractivity contribution in [1.29, 1.82) is 0 Å². The molecule has 0 aromatic heterocycles. The second-order valence-corrected chi connectivity index (χ2v) is 9.40. The predicted octanol–water partition coefficient (Wildman–Crippen LogP) is 3.80. The van der Waals surface area contributed by atoms with Crippen LogP contribution in [0.4, 0.5) is 14.9 Å². The maximum atomic E-state index is 13.4. The third-order valence-electron chi connectivity index (χ3n) is 7.16. The van der Waals surface area contributed by atoms with Crippen molar-refractivity contribution in [3.8, 4) is 5.75 Å². The molecule has 37 heavy (non-hydrogen) atoms. The molecule has 4 amide bonds. The molecule has 9 heteroatoms. The molecule has 3 aromatic carbocycles. The van der Waals surface area contributed by atoms with E-state index in [9.17, 15) is 18.8 Å². The summed E-state index contributed by atoms with van der Waals surface area (Å²) in [4.78, 5) is 41.8. The van der Waals surface area contributed by atoms with Gasteiger partial charge in [0.15, 0.2) is 0 Å². The third-order valence-corrected chi connectivity index (χ3v) is 7.16. The van der Waals surface area contributed by atoms with Crippen molar-refractivity contribution in [1.82, 2.24) is 15.1 Å². The van der Waals surface area contributed by atoms with Gasteiger partial charge in [-0.15, -0.1) is 0 Å². The van der Waals surface area contributed by atoms with Crippen molar-refractivity contribution in [2.24, 2.45) is 0 Å². The predicted molar refractivity (Wildman–Crippen MR) is 138 cm³/mol. The van der Waals surface area contributed by atoms with E-state index >= 15 is 0 Å². The number of hydrogen-bond acceptors (Lipinski definition) is 4. The van der Waals surface area contributed by atoms with Crippen LogP contribution in [-0.2, 0) is 11.2 Å². The van der Waals surface area contributed by atoms with E-state index in [1.54, 1.807) is 36.3 Å². The van der Waals surface area contributed by atoms with Crippen LogP contribution in [-0.4, -0.2) is 67.0 Å². The fourth-order valence-corrected chi connectivity index (χ4v) is 5.06. The molecule has 0 saturated carbocycles.